The zero-order valence-electron chi connectivity index (χ0n) is 9.92. The van der Waals surface area contributed by atoms with Crippen LogP contribution < -0.4 is 4.90 Å². The molecule has 0 spiro atoms. The summed E-state index contributed by atoms with van der Waals surface area (Å²) in [6.45, 7) is 0.103. The molecule has 1 aromatic rings. The summed E-state index contributed by atoms with van der Waals surface area (Å²) in [5.74, 6) is 0. The van der Waals surface area contributed by atoms with Crippen LogP contribution in [0.15, 0.2) is 24.3 Å². The standard InChI is InChI=1S/C14H19NO2/c16-9-10-1-3-11(4-2-10)15-12-5-6-13(15)8-14(17)7-12/h1-4,12-14,16-17H,5-9H2. The summed E-state index contributed by atoms with van der Waals surface area (Å²) >= 11 is 0. The van der Waals surface area contributed by atoms with Crippen molar-refractivity contribution in [3.8, 4) is 0 Å². The van der Waals surface area contributed by atoms with Gasteiger partial charge in [-0.3, -0.25) is 0 Å². The van der Waals surface area contributed by atoms with E-state index in [4.69, 9.17) is 5.11 Å². The van der Waals surface area contributed by atoms with Gasteiger partial charge in [0.15, 0.2) is 0 Å². The fraction of sp³-hybridized carbons (Fsp3) is 0.571. The zero-order valence-corrected chi connectivity index (χ0v) is 9.92. The molecule has 0 aromatic heterocycles. The summed E-state index contributed by atoms with van der Waals surface area (Å²) in [4.78, 5) is 2.47. The van der Waals surface area contributed by atoms with Crippen molar-refractivity contribution >= 4 is 5.69 Å². The Labute approximate surface area is 102 Å². The van der Waals surface area contributed by atoms with Crippen LogP contribution in [0.4, 0.5) is 5.69 Å². The average molecular weight is 233 g/mol. The van der Waals surface area contributed by atoms with Crippen LogP contribution >= 0.6 is 0 Å². The molecule has 0 saturated carbocycles. The zero-order chi connectivity index (χ0) is 11.8. The van der Waals surface area contributed by atoms with Crippen molar-refractivity contribution in [2.75, 3.05) is 4.90 Å². The van der Waals surface area contributed by atoms with Gasteiger partial charge in [-0.1, -0.05) is 12.1 Å². The van der Waals surface area contributed by atoms with Crippen molar-refractivity contribution in [2.24, 2.45) is 0 Å². The van der Waals surface area contributed by atoms with Gasteiger partial charge >= 0.3 is 0 Å². The van der Waals surface area contributed by atoms with Crippen LogP contribution in [-0.2, 0) is 6.61 Å². The fourth-order valence-electron chi connectivity index (χ4n) is 3.34. The third-order valence-corrected chi connectivity index (χ3v) is 4.13. The van der Waals surface area contributed by atoms with Crippen LogP contribution in [0.25, 0.3) is 0 Å². The first kappa shape index (κ1) is 11.1. The normalized spacial score (nSPS) is 31.9. The van der Waals surface area contributed by atoms with Gasteiger partial charge in [0.1, 0.15) is 0 Å². The molecule has 17 heavy (non-hydrogen) atoms. The van der Waals surface area contributed by atoms with E-state index in [-0.39, 0.29) is 12.7 Å². The van der Waals surface area contributed by atoms with E-state index in [1.807, 2.05) is 12.1 Å². The van der Waals surface area contributed by atoms with E-state index in [1.165, 1.54) is 18.5 Å². The molecule has 92 valence electrons. The largest absolute Gasteiger partial charge is 0.393 e. The minimum Gasteiger partial charge on any atom is -0.393 e. The molecule has 2 atom stereocenters. The Kier molecular flexibility index (Phi) is 2.81. The van der Waals surface area contributed by atoms with Crippen LogP contribution in [-0.4, -0.2) is 28.4 Å². The maximum absolute atomic E-state index is 9.78. The molecule has 2 heterocycles. The molecule has 3 heteroatoms. The number of benzene rings is 1. The second-order valence-electron chi connectivity index (χ2n) is 5.24. The van der Waals surface area contributed by atoms with Crippen LogP contribution in [0.3, 0.4) is 0 Å². The molecule has 0 radical (unpaired) electrons. The molecule has 2 bridgehead atoms. The molecular formula is C14H19NO2. The predicted molar refractivity (Wildman–Crippen MR) is 66.9 cm³/mol. The predicted octanol–water partition coefficient (Wildman–Crippen LogP) is 1.67. The Morgan fingerprint density at radius 3 is 2.18 bits per heavy atom. The number of anilines is 1. The van der Waals surface area contributed by atoms with Crippen molar-refractivity contribution in [2.45, 2.75) is 50.5 Å². The quantitative estimate of drug-likeness (QED) is 0.816. The highest BCUT2D eigenvalue weighted by Crippen LogP contribution is 2.39. The van der Waals surface area contributed by atoms with Crippen LogP contribution in [0.2, 0.25) is 0 Å². The fourth-order valence-corrected chi connectivity index (χ4v) is 3.34. The SMILES string of the molecule is OCc1ccc(N2C3CCC2CC(O)C3)cc1. The van der Waals surface area contributed by atoms with E-state index in [9.17, 15) is 5.11 Å². The Hall–Kier alpha value is -1.06. The van der Waals surface area contributed by atoms with Crippen LogP contribution in [0.1, 0.15) is 31.2 Å². The highest BCUT2D eigenvalue weighted by molar-refractivity contribution is 5.51. The minimum atomic E-state index is -0.111. The first-order valence-corrected chi connectivity index (χ1v) is 6.44. The Morgan fingerprint density at radius 1 is 1.06 bits per heavy atom. The topological polar surface area (TPSA) is 43.7 Å². The number of aliphatic hydroxyl groups excluding tert-OH is 2. The summed E-state index contributed by atoms with van der Waals surface area (Å²) in [7, 11) is 0. The molecule has 2 aliphatic rings. The lowest BCUT2D eigenvalue weighted by molar-refractivity contribution is 0.126. The van der Waals surface area contributed by atoms with Gasteiger partial charge in [-0.2, -0.15) is 0 Å². The summed E-state index contributed by atoms with van der Waals surface area (Å²) in [5, 5.41) is 18.8. The highest BCUT2D eigenvalue weighted by atomic mass is 16.3. The number of hydrogen-bond acceptors (Lipinski definition) is 3. The van der Waals surface area contributed by atoms with Crippen molar-refractivity contribution < 1.29 is 10.2 Å². The van der Waals surface area contributed by atoms with Gasteiger partial charge in [0, 0.05) is 17.8 Å². The molecular weight excluding hydrogens is 214 g/mol. The van der Waals surface area contributed by atoms with Crippen molar-refractivity contribution in [1.82, 2.24) is 0 Å². The van der Waals surface area contributed by atoms with Gasteiger partial charge in [-0.25, -0.2) is 0 Å². The Bertz CT molecular complexity index is 376. The Balaban J connectivity index is 1.84. The first-order valence-electron chi connectivity index (χ1n) is 6.44. The molecule has 0 aliphatic carbocycles. The molecule has 1 aromatic carbocycles. The lowest BCUT2D eigenvalue weighted by atomic mass is 9.99. The lowest BCUT2D eigenvalue weighted by Crippen LogP contribution is -2.44. The van der Waals surface area contributed by atoms with E-state index in [1.54, 1.807) is 0 Å². The number of rotatable bonds is 2. The van der Waals surface area contributed by atoms with Crippen LogP contribution in [0.5, 0.6) is 0 Å². The van der Waals surface area contributed by atoms with E-state index in [2.05, 4.69) is 17.0 Å². The van der Waals surface area contributed by atoms with E-state index in [0.29, 0.717) is 12.1 Å². The van der Waals surface area contributed by atoms with Gasteiger partial charge in [-0.05, 0) is 43.4 Å². The van der Waals surface area contributed by atoms with Gasteiger partial charge in [-0.15, -0.1) is 0 Å². The second kappa shape index (κ2) is 4.31. The van der Waals surface area contributed by atoms with Crippen LogP contribution in [0, 0.1) is 0 Å². The average Bonchev–Trinajstić information content (AvgIpc) is 2.62. The molecule has 2 fully saturated rings. The molecule has 2 unspecified atom stereocenters. The number of nitrogens with zero attached hydrogens (tertiary/aromatic N) is 1. The number of aliphatic hydroxyl groups is 2. The van der Waals surface area contributed by atoms with Crippen molar-refractivity contribution in [3.05, 3.63) is 29.8 Å². The summed E-state index contributed by atoms with van der Waals surface area (Å²) in [5.41, 5.74) is 2.19. The molecule has 3 nitrogen and oxygen atoms in total. The minimum absolute atomic E-state index is 0.103. The van der Waals surface area contributed by atoms with E-state index < -0.39 is 0 Å². The second-order valence-corrected chi connectivity index (χ2v) is 5.24. The molecule has 0 amide bonds. The molecule has 2 saturated heterocycles. The summed E-state index contributed by atoms with van der Waals surface area (Å²) in [6, 6.07) is 9.16. The highest BCUT2D eigenvalue weighted by Gasteiger charge is 2.39. The number of hydrogen-bond donors (Lipinski definition) is 2. The monoisotopic (exact) mass is 233 g/mol. The molecule has 3 rings (SSSR count). The third-order valence-electron chi connectivity index (χ3n) is 4.13. The smallest absolute Gasteiger partial charge is 0.0681 e. The van der Waals surface area contributed by atoms with E-state index >= 15 is 0 Å². The summed E-state index contributed by atoms with van der Waals surface area (Å²) in [6.07, 6.45) is 4.09. The van der Waals surface area contributed by atoms with Gasteiger partial charge in [0.25, 0.3) is 0 Å². The molecule has 2 aliphatic heterocycles. The first-order chi connectivity index (χ1) is 8.28. The van der Waals surface area contributed by atoms with Crippen molar-refractivity contribution in [1.29, 1.82) is 0 Å². The maximum atomic E-state index is 9.78. The number of fused-ring (bicyclic) bond motifs is 2. The Morgan fingerprint density at radius 2 is 1.65 bits per heavy atom. The van der Waals surface area contributed by atoms with Gasteiger partial charge in [0.2, 0.25) is 0 Å². The number of piperidine rings is 1. The van der Waals surface area contributed by atoms with Gasteiger partial charge < -0.3 is 15.1 Å². The van der Waals surface area contributed by atoms with Gasteiger partial charge in [0.05, 0.1) is 12.7 Å². The lowest BCUT2D eigenvalue weighted by Gasteiger charge is -2.39. The molecule has 2 N–H and O–H groups in total. The van der Waals surface area contributed by atoms with Crippen molar-refractivity contribution in [3.63, 3.8) is 0 Å². The third kappa shape index (κ3) is 1.94. The van der Waals surface area contributed by atoms with E-state index in [0.717, 1.165) is 18.4 Å². The maximum Gasteiger partial charge on any atom is 0.0681 e. The summed E-state index contributed by atoms with van der Waals surface area (Å²) < 4.78 is 0.